The van der Waals surface area contributed by atoms with Gasteiger partial charge in [0.25, 0.3) is 0 Å². The van der Waals surface area contributed by atoms with Crippen molar-refractivity contribution in [1.82, 2.24) is 15.0 Å². The highest BCUT2D eigenvalue weighted by Gasteiger charge is 2.20. The topological polar surface area (TPSA) is 67.8 Å². The summed E-state index contributed by atoms with van der Waals surface area (Å²) in [7, 11) is 0. The number of thioether (sulfide) groups is 1. The fraction of sp³-hybridized carbons (Fsp3) is 0.333. The zero-order chi connectivity index (χ0) is 16.1. The molecule has 22 heavy (non-hydrogen) atoms. The highest BCUT2D eigenvalue weighted by atomic mass is 35.5. The van der Waals surface area contributed by atoms with Gasteiger partial charge in [0, 0.05) is 17.6 Å². The molecule has 0 aliphatic rings. The van der Waals surface area contributed by atoms with Crippen molar-refractivity contribution in [2.45, 2.75) is 37.6 Å². The zero-order valence-corrected chi connectivity index (χ0v) is 14.2. The minimum absolute atomic E-state index is 0.120. The molecule has 5 nitrogen and oxygen atoms in total. The Hall–Kier alpha value is -1.66. The average Bonchev–Trinajstić information content (AvgIpc) is 2.46. The Kier molecular flexibility index (Phi) is 5.74. The molecule has 0 aliphatic heterocycles. The van der Waals surface area contributed by atoms with Gasteiger partial charge in [-0.1, -0.05) is 30.3 Å². The second-order valence-electron chi connectivity index (χ2n) is 4.80. The second-order valence-corrected chi connectivity index (χ2v) is 6.41. The Morgan fingerprint density at radius 1 is 1.32 bits per heavy atom. The van der Waals surface area contributed by atoms with Crippen molar-refractivity contribution in [3.05, 3.63) is 40.8 Å². The molecule has 0 bridgehead atoms. The molecule has 0 radical (unpaired) electrons. The third-order valence-corrected chi connectivity index (χ3v) is 4.30. The maximum atomic E-state index is 12.3. The van der Waals surface area contributed by atoms with Crippen molar-refractivity contribution >= 4 is 35.1 Å². The number of carbonyl (C=O) groups is 1. The van der Waals surface area contributed by atoms with E-state index in [4.69, 9.17) is 11.6 Å². The summed E-state index contributed by atoms with van der Waals surface area (Å²) in [5.74, 6) is 0.361. The van der Waals surface area contributed by atoms with E-state index in [2.05, 4.69) is 20.3 Å². The van der Waals surface area contributed by atoms with Crippen molar-refractivity contribution in [2.24, 2.45) is 0 Å². The van der Waals surface area contributed by atoms with Crippen molar-refractivity contribution in [3.63, 3.8) is 0 Å². The molecule has 0 fully saturated rings. The van der Waals surface area contributed by atoms with E-state index in [1.54, 1.807) is 12.1 Å². The largest absolute Gasteiger partial charge is 0.310 e. The lowest BCUT2D eigenvalue weighted by Crippen LogP contribution is -2.25. The molecule has 2 heterocycles. The van der Waals surface area contributed by atoms with Gasteiger partial charge in [-0.3, -0.25) is 4.79 Å². The van der Waals surface area contributed by atoms with E-state index in [1.165, 1.54) is 18.0 Å². The molecule has 2 rings (SSSR count). The first kappa shape index (κ1) is 16.7. The molecule has 0 aliphatic carbocycles. The number of nitrogens with one attached hydrogen (secondary N) is 1. The number of rotatable bonds is 5. The van der Waals surface area contributed by atoms with Crippen LogP contribution < -0.4 is 5.32 Å². The van der Waals surface area contributed by atoms with Gasteiger partial charge in [0.05, 0.1) is 10.3 Å². The third kappa shape index (κ3) is 4.68. The average molecular weight is 337 g/mol. The van der Waals surface area contributed by atoms with Crippen molar-refractivity contribution in [3.8, 4) is 0 Å². The number of anilines is 1. The van der Waals surface area contributed by atoms with Crippen molar-refractivity contribution in [1.29, 1.82) is 0 Å². The molecular formula is C15H17ClN4OS. The van der Waals surface area contributed by atoms with Gasteiger partial charge in [0.2, 0.25) is 5.91 Å². The van der Waals surface area contributed by atoms with Crippen LogP contribution in [-0.4, -0.2) is 26.1 Å². The summed E-state index contributed by atoms with van der Waals surface area (Å²) < 4.78 is 0. The number of amides is 1. The molecule has 7 heteroatoms. The normalized spacial score (nSPS) is 12.0. The molecule has 1 atom stereocenters. The van der Waals surface area contributed by atoms with Gasteiger partial charge in [-0.2, -0.15) is 0 Å². The Balaban J connectivity index is 2.06. The van der Waals surface area contributed by atoms with E-state index in [1.807, 2.05) is 26.8 Å². The Bertz CT molecular complexity index is 643. The number of aryl methyl sites for hydroxylation is 2. The van der Waals surface area contributed by atoms with Crippen LogP contribution in [0.15, 0.2) is 29.6 Å². The van der Waals surface area contributed by atoms with Gasteiger partial charge >= 0.3 is 0 Å². The van der Waals surface area contributed by atoms with Crippen LogP contribution in [0.5, 0.6) is 0 Å². The van der Waals surface area contributed by atoms with Crippen LogP contribution in [0.1, 0.15) is 24.7 Å². The highest BCUT2D eigenvalue weighted by molar-refractivity contribution is 8.00. The molecule has 0 aromatic carbocycles. The predicted octanol–water partition coefficient (Wildman–Crippen LogP) is 3.65. The molecule has 2 aromatic heterocycles. The van der Waals surface area contributed by atoms with Crippen LogP contribution in [0, 0.1) is 13.8 Å². The molecule has 0 saturated carbocycles. The van der Waals surface area contributed by atoms with E-state index in [-0.39, 0.29) is 11.2 Å². The van der Waals surface area contributed by atoms with Crippen LogP contribution in [0.4, 0.5) is 5.82 Å². The first-order chi connectivity index (χ1) is 10.5. The summed E-state index contributed by atoms with van der Waals surface area (Å²) >= 11 is 7.14. The molecule has 0 spiro atoms. The standard InChI is InChI=1S/C15H17ClN4OS/c1-4-12(22-15-18-9(2)7-10(3)19-15)14(21)20-13-6-5-11(16)8-17-13/h5-8,12H,4H2,1-3H3,(H,17,20,21)/t12-/m0/s1. The third-order valence-electron chi connectivity index (χ3n) is 2.85. The maximum Gasteiger partial charge on any atom is 0.239 e. The fourth-order valence-electron chi connectivity index (χ4n) is 1.85. The van der Waals surface area contributed by atoms with Crippen LogP contribution in [-0.2, 0) is 4.79 Å². The number of carbonyl (C=O) groups excluding carboxylic acids is 1. The van der Waals surface area contributed by atoms with Crippen LogP contribution in [0.25, 0.3) is 0 Å². The molecule has 1 amide bonds. The summed E-state index contributed by atoms with van der Waals surface area (Å²) in [6.45, 7) is 5.78. The second kappa shape index (κ2) is 7.56. The molecule has 0 saturated heterocycles. The SMILES string of the molecule is CC[C@H](Sc1nc(C)cc(C)n1)C(=O)Nc1ccc(Cl)cn1. The van der Waals surface area contributed by atoms with E-state index in [9.17, 15) is 4.79 Å². The lowest BCUT2D eigenvalue weighted by Gasteiger charge is -2.13. The fourth-order valence-corrected chi connectivity index (χ4v) is 2.94. The predicted molar refractivity (Wildman–Crippen MR) is 89.3 cm³/mol. The summed E-state index contributed by atoms with van der Waals surface area (Å²) in [5.41, 5.74) is 1.79. The number of hydrogen-bond acceptors (Lipinski definition) is 5. The number of hydrogen-bond donors (Lipinski definition) is 1. The number of halogens is 1. The lowest BCUT2D eigenvalue weighted by molar-refractivity contribution is -0.115. The quantitative estimate of drug-likeness (QED) is 0.666. The minimum atomic E-state index is -0.279. The van der Waals surface area contributed by atoms with E-state index < -0.39 is 0 Å². The number of aromatic nitrogens is 3. The Labute approximate surface area is 138 Å². The van der Waals surface area contributed by atoms with Crippen LogP contribution in [0.3, 0.4) is 0 Å². The van der Waals surface area contributed by atoms with Crippen LogP contribution in [0.2, 0.25) is 5.02 Å². The first-order valence-corrected chi connectivity index (χ1v) is 8.15. The number of pyridine rings is 1. The van der Waals surface area contributed by atoms with Gasteiger partial charge in [-0.05, 0) is 38.5 Å². The van der Waals surface area contributed by atoms with Crippen molar-refractivity contribution < 1.29 is 4.79 Å². The summed E-state index contributed by atoms with van der Waals surface area (Å²) in [4.78, 5) is 25.1. The van der Waals surface area contributed by atoms with Gasteiger partial charge in [0.15, 0.2) is 5.16 Å². The van der Waals surface area contributed by atoms with Gasteiger partial charge in [-0.25, -0.2) is 15.0 Å². The lowest BCUT2D eigenvalue weighted by atomic mass is 10.3. The molecule has 0 unspecified atom stereocenters. The molecule has 116 valence electrons. The number of nitrogens with zero attached hydrogens (tertiary/aromatic N) is 3. The molecule has 1 N–H and O–H groups in total. The molecular weight excluding hydrogens is 320 g/mol. The zero-order valence-electron chi connectivity index (χ0n) is 12.6. The van der Waals surface area contributed by atoms with Gasteiger partial charge in [0.1, 0.15) is 5.82 Å². The van der Waals surface area contributed by atoms with Gasteiger partial charge < -0.3 is 5.32 Å². The highest BCUT2D eigenvalue weighted by Crippen LogP contribution is 2.24. The monoisotopic (exact) mass is 336 g/mol. The Morgan fingerprint density at radius 3 is 2.55 bits per heavy atom. The summed E-state index contributed by atoms with van der Waals surface area (Å²) in [6, 6.07) is 5.26. The molecule has 2 aromatic rings. The maximum absolute atomic E-state index is 12.3. The van der Waals surface area contributed by atoms with Crippen molar-refractivity contribution in [2.75, 3.05) is 5.32 Å². The van der Waals surface area contributed by atoms with Gasteiger partial charge in [-0.15, -0.1) is 0 Å². The summed E-state index contributed by atoms with van der Waals surface area (Å²) in [6.07, 6.45) is 2.17. The smallest absolute Gasteiger partial charge is 0.239 e. The summed E-state index contributed by atoms with van der Waals surface area (Å²) in [5, 5.41) is 3.65. The minimum Gasteiger partial charge on any atom is -0.310 e. The van der Waals surface area contributed by atoms with E-state index >= 15 is 0 Å². The first-order valence-electron chi connectivity index (χ1n) is 6.89. The Morgan fingerprint density at radius 2 is 2.00 bits per heavy atom. The van der Waals surface area contributed by atoms with E-state index in [0.29, 0.717) is 22.4 Å². The van der Waals surface area contributed by atoms with Crippen LogP contribution >= 0.6 is 23.4 Å². The van der Waals surface area contributed by atoms with E-state index in [0.717, 1.165) is 11.4 Å².